The molecule has 5 heteroatoms. The first-order valence-corrected chi connectivity index (χ1v) is 20.7. The third-order valence-electron chi connectivity index (χ3n) is 9.26. The molecule has 1 N–H and O–H groups in total. The molecule has 46 heavy (non-hydrogen) atoms. The third kappa shape index (κ3) is 33.7. The maximum atomic E-state index is 9.29. The van der Waals surface area contributed by atoms with Crippen LogP contribution < -0.4 is 0 Å². The second-order valence-electron chi connectivity index (χ2n) is 14.3. The Hall–Kier alpha value is -0.200. The summed E-state index contributed by atoms with van der Waals surface area (Å²) in [6.45, 7) is 12.3. The van der Waals surface area contributed by atoms with E-state index in [2.05, 4.69) is 20.8 Å². The largest absolute Gasteiger partial charge is 0.396 e. The van der Waals surface area contributed by atoms with Gasteiger partial charge in [0.1, 0.15) is 0 Å². The van der Waals surface area contributed by atoms with Crippen LogP contribution in [0.5, 0.6) is 0 Å². The average molecular weight is 657 g/mol. The molecule has 0 heterocycles. The summed E-state index contributed by atoms with van der Waals surface area (Å²) < 4.78 is 25.1. The Bertz CT molecular complexity index is 478. The highest BCUT2D eigenvalue weighted by Crippen LogP contribution is 2.22. The van der Waals surface area contributed by atoms with Gasteiger partial charge in [0.2, 0.25) is 0 Å². The molecule has 0 aliphatic carbocycles. The van der Waals surface area contributed by atoms with Crippen molar-refractivity contribution in [3.63, 3.8) is 0 Å². The van der Waals surface area contributed by atoms with Crippen LogP contribution in [-0.2, 0) is 18.9 Å². The molecule has 0 rings (SSSR count). The molecule has 0 saturated heterocycles. The molecule has 0 radical (unpaired) electrons. The summed E-state index contributed by atoms with van der Waals surface area (Å²) in [6, 6.07) is 0. The van der Waals surface area contributed by atoms with Crippen LogP contribution in [0.15, 0.2) is 0 Å². The quantitative estimate of drug-likeness (QED) is 0.0664. The highest BCUT2D eigenvalue weighted by Gasteiger charge is 2.32. The zero-order valence-corrected chi connectivity index (χ0v) is 31.7. The monoisotopic (exact) mass is 657 g/mol. The lowest BCUT2D eigenvalue weighted by atomic mass is 9.92. The fourth-order valence-corrected chi connectivity index (χ4v) is 6.12. The molecule has 0 aliphatic rings. The third-order valence-corrected chi connectivity index (χ3v) is 9.26. The van der Waals surface area contributed by atoms with Crippen molar-refractivity contribution in [1.82, 2.24) is 0 Å². The van der Waals surface area contributed by atoms with Gasteiger partial charge in [-0.2, -0.15) is 0 Å². The zero-order valence-electron chi connectivity index (χ0n) is 31.7. The summed E-state index contributed by atoms with van der Waals surface area (Å²) in [7, 11) is 0. The van der Waals surface area contributed by atoms with Crippen molar-refractivity contribution in [2.24, 2.45) is 5.41 Å². The lowest BCUT2D eigenvalue weighted by molar-refractivity contribution is -0.108. The van der Waals surface area contributed by atoms with Crippen molar-refractivity contribution < 1.29 is 24.1 Å². The second kappa shape index (κ2) is 39.2. The minimum Gasteiger partial charge on any atom is -0.396 e. The van der Waals surface area contributed by atoms with Crippen LogP contribution in [0.3, 0.4) is 0 Å². The summed E-state index contributed by atoms with van der Waals surface area (Å²) in [5, 5.41) is 9.29. The van der Waals surface area contributed by atoms with Gasteiger partial charge in [0, 0.05) is 33.0 Å². The smallest absolute Gasteiger partial charge is 0.0637 e. The number of unbranched alkanes of at least 4 members (excludes halogenated alkanes) is 24. The van der Waals surface area contributed by atoms with Crippen LogP contribution in [0.25, 0.3) is 0 Å². The first-order chi connectivity index (χ1) is 22.7. The Morgan fingerprint density at radius 1 is 0.304 bits per heavy atom. The molecule has 0 amide bonds. The normalized spacial score (nSPS) is 12.0. The molecule has 0 spiro atoms. The number of ether oxygens (including phenoxy) is 4. The first-order valence-electron chi connectivity index (χ1n) is 20.7. The fourth-order valence-electron chi connectivity index (χ4n) is 6.12. The minimum atomic E-state index is -0.298. The van der Waals surface area contributed by atoms with E-state index in [-0.39, 0.29) is 12.0 Å². The Kier molecular flexibility index (Phi) is 39.1. The molecule has 0 fully saturated rings. The minimum absolute atomic E-state index is 0.159. The van der Waals surface area contributed by atoms with Crippen molar-refractivity contribution in [3.05, 3.63) is 0 Å². The van der Waals surface area contributed by atoms with E-state index in [0.717, 1.165) is 39.1 Å². The molecule has 0 saturated carbocycles. The maximum Gasteiger partial charge on any atom is 0.0637 e. The van der Waals surface area contributed by atoms with Gasteiger partial charge in [-0.3, -0.25) is 0 Å². The number of aliphatic hydroxyl groups is 1. The standard InChI is InChI=1S/C41H84O5/c1-4-7-10-13-16-19-22-25-28-33-43-37-41(40-46-36-31-32-42,38-44-34-29-26-23-20-17-14-11-8-5-2)39-45-35-30-27-24-21-18-15-12-9-6-3/h42H,4-40H2,1-3H3. The van der Waals surface area contributed by atoms with Gasteiger partial charge in [0.25, 0.3) is 0 Å². The van der Waals surface area contributed by atoms with Crippen molar-refractivity contribution in [1.29, 1.82) is 0 Å². The van der Waals surface area contributed by atoms with E-state index in [4.69, 9.17) is 18.9 Å². The van der Waals surface area contributed by atoms with Crippen molar-refractivity contribution in [2.45, 2.75) is 201 Å². The van der Waals surface area contributed by atoms with Gasteiger partial charge in [-0.05, 0) is 25.7 Å². The van der Waals surface area contributed by atoms with E-state index in [1.807, 2.05) is 0 Å². The van der Waals surface area contributed by atoms with E-state index in [1.165, 1.54) is 154 Å². The number of hydrogen-bond acceptors (Lipinski definition) is 5. The van der Waals surface area contributed by atoms with Crippen LogP contribution in [-0.4, -0.2) is 64.6 Å². The molecule has 5 nitrogen and oxygen atoms in total. The first kappa shape index (κ1) is 45.8. The van der Waals surface area contributed by atoms with Gasteiger partial charge in [-0.1, -0.05) is 175 Å². The van der Waals surface area contributed by atoms with Gasteiger partial charge in [-0.15, -0.1) is 0 Å². The van der Waals surface area contributed by atoms with Gasteiger partial charge < -0.3 is 24.1 Å². The van der Waals surface area contributed by atoms with Crippen LogP contribution in [0, 0.1) is 5.41 Å². The second-order valence-corrected chi connectivity index (χ2v) is 14.3. The Labute approximate surface area is 289 Å². The molecule has 0 unspecified atom stereocenters. The average Bonchev–Trinajstić information content (AvgIpc) is 3.07. The van der Waals surface area contributed by atoms with Crippen LogP contribution in [0.1, 0.15) is 201 Å². The van der Waals surface area contributed by atoms with Gasteiger partial charge in [0.05, 0.1) is 31.8 Å². The molecule has 0 aromatic carbocycles. The van der Waals surface area contributed by atoms with Crippen molar-refractivity contribution >= 4 is 0 Å². The molecular weight excluding hydrogens is 572 g/mol. The van der Waals surface area contributed by atoms with Gasteiger partial charge in [-0.25, -0.2) is 0 Å². The van der Waals surface area contributed by atoms with Gasteiger partial charge >= 0.3 is 0 Å². The summed E-state index contributed by atoms with van der Waals surface area (Å²) >= 11 is 0. The van der Waals surface area contributed by atoms with E-state index >= 15 is 0 Å². The zero-order chi connectivity index (χ0) is 33.5. The van der Waals surface area contributed by atoms with E-state index < -0.39 is 0 Å². The lowest BCUT2D eigenvalue weighted by Crippen LogP contribution is -2.42. The van der Waals surface area contributed by atoms with Crippen LogP contribution in [0.4, 0.5) is 0 Å². The maximum absolute atomic E-state index is 9.29. The number of hydrogen-bond donors (Lipinski definition) is 1. The summed E-state index contributed by atoms with van der Waals surface area (Å²) in [5.41, 5.74) is -0.298. The van der Waals surface area contributed by atoms with E-state index in [1.54, 1.807) is 0 Å². The van der Waals surface area contributed by atoms with Crippen LogP contribution >= 0.6 is 0 Å². The van der Waals surface area contributed by atoms with E-state index in [9.17, 15) is 5.11 Å². The molecule has 0 atom stereocenters. The Balaban J connectivity index is 4.64. The summed E-state index contributed by atoms with van der Waals surface area (Å²) in [4.78, 5) is 0. The predicted molar refractivity (Wildman–Crippen MR) is 199 cm³/mol. The topological polar surface area (TPSA) is 57.2 Å². The molecule has 0 aliphatic heterocycles. The predicted octanol–water partition coefficient (Wildman–Crippen LogP) is 12.0. The molecular formula is C41H84O5. The number of aliphatic hydroxyl groups excluding tert-OH is 1. The molecule has 0 aromatic heterocycles. The summed E-state index contributed by atoms with van der Waals surface area (Å²) in [6.07, 6.45) is 36.3. The van der Waals surface area contributed by atoms with Crippen molar-refractivity contribution in [3.8, 4) is 0 Å². The fraction of sp³-hybridized carbons (Fsp3) is 1.00. The SMILES string of the molecule is CCCCCCCCCCCOCC(COCCCO)(COCCCCCCCCCCC)COCCCCCCCCCCC. The van der Waals surface area contributed by atoms with Crippen LogP contribution in [0.2, 0.25) is 0 Å². The molecule has 278 valence electrons. The van der Waals surface area contributed by atoms with Crippen molar-refractivity contribution in [2.75, 3.05) is 59.5 Å². The molecule has 0 aromatic rings. The Morgan fingerprint density at radius 3 is 0.761 bits per heavy atom. The summed E-state index contributed by atoms with van der Waals surface area (Å²) in [5.74, 6) is 0. The lowest BCUT2D eigenvalue weighted by Gasteiger charge is -2.33. The van der Waals surface area contributed by atoms with E-state index in [0.29, 0.717) is 39.5 Å². The molecule has 0 bridgehead atoms. The highest BCUT2D eigenvalue weighted by atomic mass is 16.5. The highest BCUT2D eigenvalue weighted by molar-refractivity contribution is 4.79. The van der Waals surface area contributed by atoms with Gasteiger partial charge in [0.15, 0.2) is 0 Å². The Morgan fingerprint density at radius 2 is 0.522 bits per heavy atom. The number of rotatable bonds is 41.